The fourth-order valence-electron chi connectivity index (χ4n) is 7.34. The van der Waals surface area contributed by atoms with Gasteiger partial charge in [-0.05, 0) is 59.8 Å². The van der Waals surface area contributed by atoms with Crippen molar-refractivity contribution in [2.24, 2.45) is 34.5 Å². The van der Waals surface area contributed by atoms with E-state index in [-0.39, 0.29) is 28.6 Å². The maximum absolute atomic E-state index is 14.3. The molecule has 2 bridgehead atoms. The van der Waals surface area contributed by atoms with Gasteiger partial charge in [0.2, 0.25) is 0 Å². The lowest BCUT2D eigenvalue weighted by Crippen LogP contribution is -2.65. The number of benzene rings is 1. The lowest BCUT2D eigenvalue weighted by molar-refractivity contribution is -0.190. The van der Waals surface area contributed by atoms with Gasteiger partial charge in [-0.3, -0.25) is 4.79 Å². The Balaban J connectivity index is 1.65. The number of esters is 1. The minimum absolute atomic E-state index is 0.0305. The predicted octanol–water partition coefficient (Wildman–Crippen LogP) is 2.68. The predicted molar refractivity (Wildman–Crippen MR) is 121 cm³/mol. The molecule has 8 atom stereocenters. The molecule has 176 valence electrons. The van der Waals surface area contributed by atoms with E-state index in [1.807, 2.05) is 6.92 Å². The summed E-state index contributed by atoms with van der Waals surface area (Å²) < 4.78 is 5.83. The van der Waals surface area contributed by atoms with Crippen molar-refractivity contribution < 1.29 is 29.6 Å². The molecule has 6 heteroatoms. The van der Waals surface area contributed by atoms with E-state index in [2.05, 4.69) is 13.8 Å². The SMILES string of the molecule is CC1=C[C@]23C(=O)[C@@H](C=C(CO)[C@@H](O)[C@]2(O)[C@H]1OC(=O)c1ccccc1)[C@H]1[C@@H](C[C@H]3C)C1(C)C. The molecule has 0 saturated heterocycles. The van der Waals surface area contributed by atoms with E-state index in [1.54, 1.807) is 49.4 Å². The molecule has 2 saturated carbocycles. The smallest absolute Gasteiger partial charge is 0.338 e. The van der Waals surface area contributed by atoms with E-state index in [4.69, 9.17) is 4.74 Å². The summed E-state index contributed by atoms with van der Waals surface area (Å²) in [5.41, 5.74) is -2.50. The number of fused-ring (bicyclic) bond motifs is 3. The zero-order valence-electron chi connectivity index (χ0n) is 19.5. The Bertz CT molecular complexity index is 1070. The third kappa shape index (κ3) is 2.71. The zero-order valence-corrected chi connectivity index (χ0v) is 19.5. The van der Waals surface area contributed by atoms with Crippen LogP contribution in [0.5, 0.6) is 0 Å². The maximum Gasteiger partial charge on any atom is 0.338 e. The van der Waals surface area contributed by atoms with E-state index < -0.39 is 41.7 Å². The number of carbonyl (C=O) groups excluding carboxylic acids is 2. The number of ketones is 1. The van der Waals surface area contributed by atoms with Gasteiger partial charge in [0, 0.05) is 5.92 Å². The van der Waals surface area contributed by atoms with E-state index >= 15 is 0 Å². The Hall–Kier alpha value is -2.28. The van der Waals surface area contributed by atoms with Crippen molar-refractivity contribution in [2.45, 2.75) is 51.9 Å². The average Bonchev–Trinajstić information content (AvgIpc) is 3.28. The first-order valence-electron chi connectivity index (χ1n) is 11.7. The fourth-order valence-corrected chi connectivity index (χ4v) is 7.34. The number of aliphatic hydroxyl groups excluding tert-OH is 2. The van der Waals surface area contributed by atoms with Crippen molar-refractivity contribution in [3.63, 3.8) is 0 Å². The molecule has 4 aliphatic rings. The number of ether oxygens (including phenoxy) is 1. The minimum Gasteiger partial charge on any atom is -0.451 e. The summed E-state index contributed by atoms with van der Waals surface area (Å²) in [4.78, 5) is 27.2. The van der Waals surface area contributed by atoms with Crippen LogP contribution in [0.3, 0.4) is 0 Å². The molecule has 1 aromatic rings. The molecule has 0 aromatic heterocycles. The Morgan fingerprint density at radius 1 is 1.21 bits per heavy atom. The number of Topliss-reactive ketones (excluding diaryl/α,β-unsaturated/α-hetero) is 1. The standard InChI is InChI=1S/C27H32O6/c1-14-12-26-15(2)10-19-20(25(19,3)4)18(22(26)30)11-17(13-28)21(29)27(26,32)23(14)33-24(31)16-8-6-5-7-9-16/h5-9,11-12,15,18-21,23,28-29,32H,10,13H2,1-4H3/t15-,18+,19-,20+,21-,23+,26+,27+/m1/s1. The Morgan fingerprint density at radius 2 is 1.88 bits per heavy atom. The average molecular weight is 453 g/mol. The molecule has 2 fully saturated rings. The highest BCUT2D eigenvalue weighted by Gasteiger charge is 2.76. The lowest BCUT2D eigenvalue weighted by Gasteiger charge is -2.48. The number of allylic oxidation sites excluding steroid dienone is 1. The summed E-state index contributed by atoms with van der Waals surface area (Å²) >= 11 is 0. The van der Waals surface area contributed by atoms with Crippen LogP contribution in [0.15, 0.2) is 53.6 Å². The molecule has 5 rings (SSSR count). The van der Waals surface area contributed by atoms with Crippen LogP contribution in [0, 0.1) is 34.5 Å². The number of hydrogen-bond acceptors (Lipinski definition) is 6. The van der Waals surface area contributed by atoms with Crippen LogP contribution < -0.4 is 0 Å². The topological polar surface area (TPSA) is 104 Å². The fraction of sp³-hybridized carbons (Fsp3) is 0.556. The minimum atomic E-state index is -2.11. The number of aliphatic hydroxyl groups is 3. The van der Waals surface area contributed by atoms with E-state index in [0.29, 0.717) is 17.1 Å². The molecular weight excluding hydrogens is 420 g/mol. The molecule has 6 nitrogen and oxygen atoms in total. The molecule has 33 heavy (non-hydrogen) atoms. The number of hydrogen-bond donors (Lipinski definition) is 3. The second kappa shape index (κ2) is 7.11. The normalized spacial score (nSPS) is 42.8. The van der Waals surface area contributed by atoms with Crippen molar-refractivity contribution in [3.05, 3.63) is 59.2 Å². The summed E-state index contributed by atoms with van der Waals surface area (Å²) in [7, 11) is 0. The van der Waals surface area contributed by atoms with Crippen LogP contribution >= 0.6 is 0 Å². The van der Waals surface area contributed by atoms with Crippen LogP contribution in [-0.2, 0) is 9.53 Å². The van der Waals surface area contributed by atoms with Crippen molar-refractivity contribution in [2.75, 3.05) is 6.61 Å². The highest BCUT2D eigenvalue weighted by Crippen LogP contribution is 2.71. The molecule has 0 unspecified atom stereocenters. The van der Waals surface area contributed by atoms with Crippen molar-refractivity contribution in [1.82, 2.24) is 0 Å². The first-order chi connectivity index (χ1) is 15.5. The molecule has 4 aliphatic carbocycles. The molecule has 3 N–H and O–H groups in total. The van der Waals surface area contributed by atoms with Gasteiger partial charge in [-0.1, -0.05) is 51.1 Å². The number of carbonyl (C=O) groups is 2. The van der Waals surface area contributed by atoms with Crippen LogP contribution in [-0.4, -0.2) is 51.5 Å². The van der Waals surface area contributed by atoms with E-state index in [1.165, 1.54) is 0 Å². The molecule has 0 heterocycles. The van der Waals surface area contributed by atoms with Gasteiger partial charge in [0.15, 0.2) is 17.5 Å². The van der Waals surface area contributed by atoms with Crippen molar-refractivity contribution in [1.29, 1.82) is 0 Å². The third-order valence-electron chi connectivity index (χ3n) is 9.13. The second-order valence-corrected chi connectivity index (χ2v) is 11.0. The monoisotopic (exact) mass is 452 g/mol. The van der Waals surface area contributed by atoms with E-state index in [9.17, 15) is 24.9 Å². The van der Waals surface area contributed by atoms with E-state index in [0.717, 1.165) is 6.42 Å². The zero-order chi connectivity index (χ0) is 23.9. The van der Waals surface area contributed by atoms with Crippen LogP contribution in [0.25, 0.3) is 0 Å². The van der Waals surface area contributed by atoms with Gasteiger partial charge < -0.3 is 20.1 Å². The Morgan fingerprint density at radius 3 is 2.52 bits per heavy atom. The first-order valence-corrected chi connectivity index (χ1v) is 11.7. The molecule has 1 aromatic carbocycles. The van der Waals surface area contributed by atoms with Crippen LogP contribution in [0.1, 0.15) is 44.5 Å². The van der Waals surface area contributed by atoms with Gasteiger partial charge in [0.1, 0.15) is 6.10 Å². The quantitative estimate of drug-likeness (QED) is 0.481. The summed E-state index contributed by atoms with van der Waals surface area (Å²) in [6.45, 7) is 7.48. The molecule has 0 amide bonds. The summed E-state index contributed by atoms with van der Waals surface area (Å²) in [5.74, 6) is -1.22. The lowest BCUT2D eigenvalue weighted by atomic mass is 9.59. The van der Waals surface area contributed by atoms with Gasteiger partial charge >= 0.3 is 5.97 Å². The Kier molecular flexibility index (Phi) is 4.85. The van der Waals surface area contributed by atoms with Gasteiger partial charge in [0.05, 0.1) is 17.6 Å². The van der Waals surface area contributed by atoms with Gasteiger partial charge in [-0.15, -0.1) is 0 Å². The first kappa shape index (κ1) is 22.5. The molecule has 0 aliphatic heterocycles. The highest BCUT2D eigenvalue weighted by molar-refractivity contribution is 5.96. The maximum atomic E-state index is 14.3. The van der Waals surface area contributed by atoms with Gasteiger partial charge in [-0.2, -0.15) is 0 Å². The van der Waals surface area contributed by atoms with Crippen LogP contribution in [0.4, 0.5) is 0 Å². The van der Waals surface area contributed by atoms with Crippen molar-refractivity contribution >= 4 is 11.8 Å². The van der Waals surface area contributed by atoms with Crippen LogP contribution in [0.2, 0.25) is 0 Å². The van der Waals surface area contributed by atoms with Crippen molar-refractivity contribution in [3.8, 4) is 0 Å². The molecule has 0 radical (unpaired) electrons. The largest absolute Gasteiger partial charge is 0.451 e. The van der Waals surface area contributed by atoms with Gasteiger partial charge in [0.25, 0.3) is 0 Å². The summed E-state index contributed by atoms with van der Waals surface area (Å²) in [6, 6.07) is 8.44. The summed E-state index contributed by atoms with van der Waals surface area (Å²) in [6.07, 6.45) is 1.36. The highest BCUT2D eigenvalue weighted by atomic mass is 16.6. The number of rotatable bonds is 3. The molecular formula is C27H32O6. The molecule has 1 spiro atoms. The third-order valence-corrected chi connectivity index (χ3v) is 9.13. The van der Waals surface area contributed by atoms with Gasteiger partial charge in [-0.25, -0.2) is 4.79 Å². The summed E-state index contributed by atoms with van der Waals surface area (Å²) in [5, 5.41) is 34.0. The Labute approximate surface area is 194 Å². The second-order valence-electron chi connectivity index (χ2n) is 11.0.